The lowest BCUT2D eigenvalue weighted by Crippen LogP contribution is -2.39. The Bertz CT molecular complexity index is 485. The van der Waals surface area contributed by atoms with E-state index in [0.29, 0.717) is 26.1 Å². The summed E-state index contributed by atoms with van der Waals surface area (Å²) in [6.45, 7) is 14.4. The molecule has 0 N–H and O–H groups in total. The Morgan fingerprint density at radius 1 is 1.11 bits per heavy atom. The molecule has 1 aliphatic heterocycles. The molecule has 7 nitrogen and oxygen atoms in total. The van der Waals surface area contributed by atoms with Crippen LogP contribution in [-0.4, -0.2) is 49.9 Å². The predicted octanol–water partition coefficient (Wildman–Crippen LogP) is 4.39. The van der Waals surface area contributed by atoms with Gasteiger partial charge in [0.2, 0.25) is 0 Å². The first-order valence-corrected chi connectivity index (χ1v) is 11.5. The van der Waals surface area contributed by atoms with E-state index in [2.05, 4.69) is 0 Å². The average molecular weight is 408 g/mol. The Kier molecular flexibility index (Phi) is 9.93. The van der Waals surface area contributed by atoms with Gasteiger partial charge in [-0.05, 0) is 59.3 Å². The van der Waals surface area contributed by atoms with E-state index in [0.717, 1.165) is 0 Å². The lowest BCUT2D eigenvalue weighted by atomic mass is 9.87. The molecule has 0 amide bonds. The van der Waals surface area contributed by atoms with Gasteiger partial charge in [-0.3, -0.25) is 9.36 Å². The normalized spacial score (nSPS) is 18.7. The molecule has 8 heteroatoms. The molecule has 0 radical (unpaired) electrons. The number of esters is 1. The summed E-state index contributed by atoms with van der Waals surface area (Å²) < 4.78 is 41.3. The number of hydrogen-bond acceptors (Lipinski definition) is 7. The summed E-state index contributed by atoms with van der Waals surface area (Å²) >= 11 is 0. The molecule has 160 valence electrons. The Hall–Kier alpha value is -0.460. The molecule has 27 heavy (non-hydrogen) atoms. The van der Waals surface area contributed by atoms with Crippen molar-refractivity contribution in [2.75, 3.05) is 26.4 Å². The molecule has 0 saturated carbocycles. The molecule has 0 spiro atoms. The van der Waals surface area contributed by atoms with Crippen LogP contribution in [-0.2, 0) is 32.6 Å². The van der Waals surface area contributed by atoms with E-state index >= 15 is 0 Å². The lowest BCUT2D eigenvalue weighted by Gasteiger charge is -2.35. The molecule has 1 heterocycles. The van der Waals surface area contributed by atoms with Crippen LogP contribution in [0.15, 0.2) is 0 Å². The molecule has 2 atom stereocenters. The summed E-state index contributed by atoms with van der Waals surface area (Å²) in [6, 6.07) is 0. The van der Waals surface area contributed by atoms with Crippen molar-refractivity contribution >= 4 is 13.6 Å². The summed E-state index contributed by atoms with van der Waals surface area (Å²) in [7, 11) is -3.70. The van der Waals surface area contributed by atoms with Crippen LogP contribution in [0, 0.1) is 11.8 Å². The third-order valence-corrected chi connectivity index (χ3v) is 6.81. The van der Waals surface area contributed by atoms with Crippen LogP contribution in [0.1, 0.15) is 61.3 Å². The number of carbonyl (C=O) groups excluding carboxylic acids is 1. The maximum atomic E-state index is 13.6. The van der Waals surface area contributed by atoms with Crippen molar-refractivity contribution in [3.63, 3.8) is 0 Å². The standard InChI is InChI=1S/C19H37O7P/c1-8-24-27(21,25-9-2)17(18(20)26-19(5,6)7)15(14(3)4)10-11-16-22-12-13-23-16/h14-17H,8-13H2,1-7H3. The van der Waals surface area contributed by atoms with Crippen molar-refractivity contribution in [1.29, 1.82) is 0 Å². The minimum atomic E-state index is -3.70. The molecule has 1 fully saturated rings. The van der Waals surface area contributed by atoms with Gasteiger partial charge in [0.1, 0.15) is 5.60 Å². The summed E-state index contributed by atoms with van der Waals surface area (Å²) in [5.74, 6) is -0.727. The number of hydrogen-bond donors (Lipinski definition) is 0. The van der Waals surface area contributed by atoms with Crippen LogP contribution >= 0.6 is 7.60 Å². The highest BCUT2D eigenvalue weighted by Crippen LogP contribution is 2.58. The van der Waals surface area contributed by atoms with Crippen LogP contribution in [0.25, 0.3) is 0 Å². The molecule has 0 aromatic rings. The van der Waals surface area contributed by atoms with Crippen molar-refractivity contribution in [2.24, 2.45) is 11.8 Å². The van der Waals surface area contributed by atoms with Gasteiger partial charge in [-0.2, -0.15) is 0 Å². The lowest BCUT2D eigenvalue weighted by molar-refractivity contribution is -0.156. The fourth-order valence-corrected chi connectivity index (χ4v) is 5.61. The highest BCUT2D eigenvalue weighted by molar-refractivity contribution is 7.55. The van der Waals surface area contributed by atoms with Gasteiger partial charge in [0.25, 0.3) is 0 Å². The third-order valence-electron chi connectivity index (χ3n) is 4.30. The van der Waals surface area contributed by atoms with E-state index in [1.54, 1.807) is 34.6 Å². The van der Waals surface area contributed by atoms with E-state index in [1.807, 2.05) is 13.8 Å². The smallest absolute Gasteiger partial charge is 0.345 e. The van der Waals surface area contributed by atoms with Gasteiger partial charge in [0.05, 0.1) is 26.4 Å². The Morgan fingerprint density at radius 2 is 1.63 bits per heavy atom. The van der Waals surface area contributed by atoms with Gasteiger partial charge in [0, 0.05) is 0 Å². The Balaban J connectivity index is 3.15. The van der Waals surface area contributed by atoms with Crippen LogP contribution in [0.5, 0.6) is 0 Å². The summed E-state index contributed by atoms with van der Waals surface area (Å²) in [5, 5.41) is 0. The zero-order chi connectivity index (χ0) is 20.7. The molecule has 2 unspecified atom stereocenters. The molecule has 1 saturated heterocycles. The monoisotopic (exact) mass is 408 g/mol. The predicted molar refractivity (Wildman–Crippen MR) is 104 cm³/mol. The van der Waals surface area contributed by atoms with Gasteiger partial charge >= 0.3 is 13.6 Å². The van der Waals surface area contributed by atoms with Crippen LogP contribution in [0.3, 0.4) is 0 Å². The molecular formula is C19H37O7P. The first-order chi connectivity index (χ1) is 12.5. The van der Waals surface area contributed by atoms with Gasteiger partial charge < -0.3 is 23.3 Å². The second kappa shape index (κ2) is 10.9. The largest absolute Gasteiger partial charge is 0.459 e. The maximum Gasteiger partial charge on any atom is 0.345 e. The quantitative estimate of drug-likeness (QED) is 0.370. The minimum Gasteiger partial charge on any atom is -0.459 e. The fraction of sp³-hybridized carbons (Fsp3) is 0.947. The minimum absolute atomic E-state index is 0.0677. The average Bonchev–Trinajstić information content (AvgIpc) is 3.02. The van der Waals surface area contributed by atoms with E-state index in [9.17, 15) is 9.36 Å². The second-order valence-corrected chi connectivity index (χ2v) is 10.2. The topological polar surface area (TPSA) is 80.3 Å². The van der Waals surface area contributed by atoms with Crippen LogP contribution < -0.4 is 0 Å². The maximum absolute atomic E-state index is 13.6. The molecule has 1 rings (SSSR count). The van der Waals surface area contributed by atoms with Gasteiger partial charge in [-0.15, -0.1) is 0 Å². The SMILES string of the molecule is CCOP(=O)(OCC)C(C(=O)OC(C)(C)C)C(CCC1OCCO1)C(C)C. The summed E-state index contributed by atoms with van der Waals surface area (Å²) in [6.07, 6.45) is 0.917. The zero-order valence-electron chi connectivity index (χ0n) is 17.9. The van der Waals surface area contributed by atoms with E-state index in [1.165, 1.54) is 0 Å². The van der Waals surface area contributed by atoms with Gasteiger partial charge in [-0.25, -0.2) is 0 Å². The van der Waals surface area contributed by atoms with E-state index in [4.69, 9.17) is 23.3 Å². The molecule has 0 aliphatic carbocycles. The van der Waals surface area contributed by atoms with Crippen LogP contribution in [0.2, 0.25) is 0 Å². The van der Waals surface area contributed by atoms with Crippen LogP contribution in [0.4, 0.5) is 0 Å². The molecule has 0 aromatic carbocycles. The summed E-state index contributed by atoms with van der Waals surface area (Å²) in [4.78, 5) is 13.1. The number of carbonyl (C=O) groups is 1. The van der Waals surface area contributed by atoms with Crippen molar-refractivity contribution in [1.82, 2.24) is 0 Å². The van der Waals surface area contributed by atoms with Crippen molar-refractivity contribution in [3.8, 4) is 0 Å². The highest BCUT2D eigenvalue weighted by atomic mass is 31.2. The fourth-order valence-electron chi connectivity index (χ4n) is 3.22. The molecule has 0 aromatic heterocycles. The third kappa shape index (κ3) is 7.82. The first kappa shape index (κ1) is 24.6. The summed E-state index contributed by atoms with van der Waals surface area (Å²) in [5.41, 5.74) is -1.68. The Labute approximate surface area is 163 Å². The van der Waals surface area contributed by atoms with Crippen molar-refractivity contribution < 1.29 is 32.6 Å². The van der Waals surface area contributed by atoms with Gasteiger partial charge in [0.15, 0.2) is 11.9 Å². The van der Waals surface area contributed by atoms with E-state index < -0.39 is 24.8 Å². The number of rotatable bonds is 11. The zero-order valence-corrected chi connectivity index (χ0v) is 18.8. The van der Waals surface area contributed by atoms with Crippen molar-refractivity contribution in [2.45, 2.75) is 78.9 Å². The van der Waals surface area contributed by atoms with E-state index in [-0.39, 0.29) is 31.3 Å². The first-order valence-electron chi connectivity index (χ1n) is 9.89. The number of ether oxygens (including phenoxy) is 3. The van der Waals surface area contributed by atoms with Gasteiger partial charge in [-0.1, -0.05) is 13.8 Å². The van der Waals surface area contributed by atoms with Crippen molar-refractivity contribution in [3.05, 3.63) is 0 Å². The molecule has 1 aliphatic rings. The molecular weight excluding hydrogens is 371 g/mol. The molecule has 0 bridgehead atoms. The highest BCUT2D eigenvalue weighted by Gasteiger charge is 2.49. The second-order valence-electron chi connectivity index (χ2n) is 8.01. The Morgan fingerprint density at radius 3 is 2.04 bits per heavy atom.